The number of H-pyrrole nitrogens is 1. The first-order valence-corrected chi connectivity index (χ1v) is 5.54. The molecule has 0 unspecified atom stereocenters. The average molecular weight is 237 g/mol. The number of nitrogens with zero attached hydrogens (tertiary/aromatic N) is 1. The Labute approximate surface area is 105 Å². The van der Waals surface area contributed by atoms with E-state index in [4.69, 9.17) is 9.68 Å². The van der Waals surface area contributed by atoms with Crippen molar-refractivity contribution in [2.75, 3.05) is 0 Å². The van der Waals surface area contributed by atoms with Crippen molar-refractivity contribution >= 4 is 18.7 Å². The molecule has 0 amide bonds. The van der Waals surface area contributed by atoms with Gasteiger partial charge < -0.3 is 14.7 Å². The molecule has 1 radical (unpaired) electrons. The molecule has 18 heavy (non-hydrogen) atoms. The standard InChI is InChI=1S/C13H10BN2O2/c17-14-18-10-5-3-4-9(8-10)13-15-11-6-1-2-7-12(11)16-13/h1-8,17H,(H,15,16). The van der Waals surface area contributed by atoms with Crippen molar-refractivity contribution in [3.8, 4) is 17.1 Å². The summed E-state index contributed by atoms with van der Waals surface area (Å²) in [7, 11) is 0.664. The van der Waals surface area contributed by atoms with Crippen LogP contribution < -0.4 is 4.65 Å². The van der Waals surface area contributed by atoms with E-state index in [0.717, 1.165) is 22.4 Å². The van der Waals surface area contributed by atoms with Crippen LogP contribution in [0.3, 0.4) is 0 Å². The van der Waals surface area contributed by atoms with Crippen molar-refractivity contribution in [3.63, 3.8) is 0 Å². The van der Waals surface area contributed by atoms with E-state index in [1.165, 1.54) is 0 Å². The molecule has 0 bridgehead atoms. The first kappa shape index (κ1) is 10.9. The zero-order valence-electron chi connectivity index (χ0n) is 9.50. The molecule has 1 heterocycles. The Morgan fingerprint density at radius 2 is 2.00 bits per heavy atom. The average Bonchev–Trinajstić information content (AvgIpc) is 2.83. The van der Waals surface area contributed by atoms with Gasteiger partial charge in [-0.25, -0.2) is 4.98 Å². The Bertz CT molecular complexity index is 648. The third kappa shape index (κ3) is 1.96. The van der Waals surface area contributed by atoms with Crippen LogP contribution in [-0.4, -0.2) is 22.7 Å². The van der Waals surface area contributed by atoms with Crippen molar-refractivity contribution in [3.05, 3.63) is 48.5 Å². The van der Waals surface area contributed by atoms with E-state index >= 15 is 0 Å². The third-order valence-electron chi connectivity index (χ3n) is 2.69. The van der Waals surface area contributed by atoms with Crippen molar-refractivity contribution in [1.29, 1.82) is 0 Å². The number of nitrogens with one attached hydrogen (secondary N) is 1. The highest BCUT2D eigenvalue weighted by Crippen LogP contribution is 2.23. The van der Waals surface area contributed by atoms with E-state index in [-0.39, 0.29) is 0 Å². The summed E-state index contributed by atoms with van der Waals surface area (Å²) in [6.45, 7) is 0. The number of hydrogen-bond donors (Lipinski definition) is 2. The van der Waals surface area contributed by atoms with E-state index in [2.05, 4.69) is 9.97 Å². The van der Waals surface area contributed by atoms with Gasteiger partial charge in [-0.05, 0) is 24.3 Å². The number of aromatic amines is 1. The van der Waals surface area contributed by atoms with Crippen LogP contribution in [0.25, 0.3) is 22.4 Å². The molecule has 87 valence electrons. The largest absolute Gasteiger partial charge is 0.569 e. The lowest BCUT2D eigenvalue weighted by molar-refractivity contribution is 0.454. The second kappa shape index (κ2) is 4.54. The quantitative estimate of drug-likeness (QED) is 0.686. The van der Waals surface area contributed by atoms with Crippen molar-refractivity contribution < 1.29 is 9.68 Å². The zero-order valence-corrected chi connectivity index (χ0v) is 9.50. The minimum absolute atomic E-state index is 0.565. The predicted octanol–water partition coefficient (Wildman–Crippen LogP) is 2.14. The van der Waals surface area contributed by atoms with Crippen LogP contribution in [0.15, 0.2) is 48.5 Å². The van der Waals surface area contributed by atoms with E-state index in [1.54, 1.807) is 6.07 Å². The molecule has 0 saturated heterocycles. The van der Waals surface area contributed by atoms with Gasteiger partial charge in [0.15, 0.2) is 0 Å². The molecule has 2 aromatic carbocycles. The van der Waals surface area contributed by atoms with Crippen LogP contribution in [0.2, 0.25) is 0 Å². The van der Waals surface area contributed by atoms with Gasteiger partial charge in [0.05, 0.1) is 11.0 Å². The molecule has 0 atom stereocenters. The maximum atomic E-state index is 8.62. The topological polar surface area (TPSA) is 58.1 Å². The number of rotatable bonds is 3. The maximum Gasteiger partial charge on any atom is 0.569 e. The van der Waals surface area contributed by atoms with Gasteiger partial charge in [0.25, 0.3) is 0 Å². The second-order valence-corrected chi connectivity index (χ2v) is 3.85. The molecule has 3 aromatic rings. The van der Waals surface area contributed by atoms with Crippen LogP contribution in [-0.2, 0) is 0 Å². The molecule has 0 spiro atoms. The Kier molecular flexibility index (Phi) is 2.74. The number of benzene rings is 2. The number of para-hydroxylation sites is 2. The van der Waals surface area contributed by atoms with Gasteiger partial charge in [0.1, 0.15) is 11.6 Å². The summed E-state index contributed by atoms with van der Waals surface area (Å²) in [6, 6.07) is 15.2. The summed E-state index contributed by atoms with van der Waals surface area (Å²) in [6.07, 6.45) is 0. The van der Waals surface area contributed by atoms with Gasteiger partial charge in [0, 0.05) is 5.56 Å². The molecular weight excluding hydrogens is 227 g/mol. The molecule has 0 saturated carbocycles. The molecule has 4 nitrogen and oxygen atoms in total. The van der Waals surface area contributed by atoms with Crippen LogP contribution in [0.5, 0.6) is 5.75 Å². The fraction of sp³-hybridized carbons (Fsp3) is 0. The van der Waals surface area contributed by atoms with Crippen molar-refractivity contribution in [1.82, 2.24) is 9.97 Å². The second-order valence-electron chi connectivity index (χ2n) is 3.85. The maximum absolute atomic E-state index is 8.62. The molecule has 0 aliphatic rings. The number of hydrogen-bond acceptors (Lipinski definition) is 3. The summed E-state index contributed by atoms with van der Waals surface area (Å²) < 4.78 is 4.93. The first-order valence-electron chi connectivity index (χ1n) is 5.54. The number of aromatic nitrogens is 2. The SMILES string of the molecule is O[B]Oc1cccc(-c2nc3ccccc3[nH]2)c1. The molecular formula is C13H10BN2O2. The highest BCUT2D eigenvalue weighted by Gasteiger charge is 2.05. The van der Waals surface area contributed by atoms with Crippen molar-refractivity contribution in [2.24, 2.45) is 0 Å². The lowest BCUT2D eigenvalue weighted by Gasteiger charge is -2.02. The zero-order chi connectivity index (χ0) is 12.4. The lowest BCUT2D eigenvalue weighted by atomic mass is 10.2. The number of fused-ring (bicyclic) bond motifs is 1. The fourth-order valence-electron chi connectivity index (χ4n) is 1.87. The van der Waals surface area contributed by atoms with E-state index in [1.807, 2.05) is 42.5 Å². The van der Waals surface area contributed by atoms with Gasteiger partial charge in [0.2, 0.25) is 0 Å². The summed E-state index contributed by atoms with van der Waals surface area (Å²) in [4.78, 5) is 7.74. The normalized spacial score (nSPS) is 10.5. The van der Waals surface area contributed by atoms with Crippen LogP contribution in [0, 0.1) is 0 Å². The van der Waals surface area contributed by atoms with Gasteiger partial charge in [-0.1, -0.05) is 24.3 Å². The smallest absolute Gasteiger partial charge is 0.537 e. The summed E-state index contributed by atoms with van der Waals surface area (Å²) in [5.74, 6) is 1.34. The van der Waals surface area contributed by atoms with Crippen molar-refractivity contribution in [2.45, 2.75) is 0 Å². The van der Waals surface area contributed by atoms with Gasteiger partial charge in [-0.15, -0.1) is 0 Å². The Morgan fingerprint density at radius 1 is 1.11 bits per heavy atom. The van der Waals surface area contributed by atoms with Gasteiger partial charge in [-0.3, -0.25) is 0 Å². The molecule has 0 fully saturated rings. The van der Waals surface area contributed by atoms with Crippen LogP contribution >= 0.6 is 0 Å². The third-order valence-corrected chi connectivity index (χ3v) is 2.69. The molecule has 3 rings (SSSR count). The minimum Gasteiger partial charge on any atom is -0.537 e. The highest BCUT2D eigenvalue weighted by molar-refractivity contribution is 6.17. The molecule has 0 aliphatic heterocycles. The van der Waals surface area contributed by atoms with E-state index in [9.17, 15) is 0 Å². The van der Waals surface area contributed by atoms with E-state index in [0.29, 0.717) is 13.4 Å². The van der Waals surface area contributed by atoms with Crippen LogP contribution in [0.4, 0.5) is 0 Å². The Balaban J connectivity index is 2.05. The molecule has 1 aromatic heterocycles. The van der Waals surface area contributed by atoms with Crippen LogP contribution in [0.1, 0.15) is 0 Å². The Morgan fingerprint density at radius 3 is 2.83 bits per heavy atom. The summed E-state index contributed by atoms with van der Waals surface area (Å²) in [5.41, 5.74) is 2.82. The Hall–Kier alpha value is -2.27. The summed E-state index contributed by atoms with van der Waals surface area (Å²) in [5, 5.41) is 8.62. The fourth-order valence-corrected chi connectivity index (χ4v) is 1.87. The van der Waals surface area contributed by atoms with Gasteiger partial charge >= 0.3 is 7.69 Å². The van der Waals surface area contributed by atoms with Gasteiger partial charge in [-0.2, -0.15) is 0 Å². The number of imidazole rings is 1. The highest BCUT2D eigenvalue weighted by atomic mass is 16.5. The first-order chi connectivity index (χ1) is 8.86. The summed E-state index contributed by atoms with van der Waals surface area (Å²) >= 11 is 0. The molecule has 2 N–H and O–H groups in total. The minimum atomic E-state index is 0.565. The lowest BCUT2D eigenvalue weighted by Crippen LogP contribution is -1.99. The van der Waals surface area contributed by atoms with E-state index < -0.39 is 0 Å². The monoisotopic (exact) mass is 237 g/mol. The predicted molar refractivity (Wildman–Crippen MR) is 70.1 cm³/mol. The molecule has 0 aliphatic carbocycles. The molecule has 5 heteroatoms.